The molecule has 6 heteroatoms. The van der Waals surface area contributed by atoms with Gasteiger partial charge < -0.3 is 16.2 Å². The fourth-order valence-corrected chi connectivity index (χ4v) is 2.82. The maximum Gasteiger partial charge on any atom is 0.337 e. The van der Waals surface area contributed by atoms with Crippen molar-refractivity contribution in [3.63, 3.8) is 0 Å². The number of aromatic carboxylic acids is 1. The molecule has 0 bridgehead atoms. The van der Waals surface area contributed by atoms with E-state index >= 15 is 0 Å². The first-order chi connectivity index (χ1) is 9.42. The van der Waals surface area contributed by atoms with Crippen molar-refractivity contribution in [3.8, 4) is 0 Å². The molecular weight excluding hydrogens is 324 g/mol. The number of carboxylic acids is 1. The molecule has 1 aliphatic carbocycles. The van der Waals surface area contributed by atoms with Crippen LogP contribution in [0.3, 0.4) is 0 Å². The molecule has 0 unspecified atom stereocenters. The van der Waals surface area contributed by atoms with E-state index < -0.39 is 11.5 Å². The van der Waals surface area contributed by atoms with E-state index in [4.69, 9.17) is 5.73 Å². The number of hydrogen-bond acceptors (Lipinski definition) is 3. The molecule has 1 fully saturated rings. The number of carbonyl (C=O) groups is 2. The monoisotopic (exact) mass is 340 g/mol. The lowest BCUT2D eigenvalue weighted by molar-refractivity contribution is -0.122. The normalized spacial score (nSPS) is 17.5. The topological polar surface area (TPSA) is 92.4 Å². The minimum absolute atomic E-state index is 0.0483. The third kappa shape index (κ3) is 3.19. The van der Waals surface area contributed by atoms with Crippen LogP contribution in [0.5, 0.6) is 0 Å². The molecule has 0 atom stereocenters. The van der Waals surface area contributed by atoms with Crippen molar-refractivity contribution < 1.29 is 14.7 Å². The van der Waals surface area contributed by atoms with Gasteiger partial charge in [-0.2, -0.15) is 0 Å². The van der Waals surface area contributed by atoms with Gasteiger partial charge in [0.25, 0.3) is 0 Å². The van der Waals surface area contributed by atoms with Gasteiger partial charge in [0.15, 0.2) is 0 Å². The number of hydrogen-bond donors (Lipinski definition) is 3. The summed E-state index contributed by atoms with van der Waals surface area (Å²) in [5, 5.41) is 11.8. The highest BCUT2D eigenvalue weighted by atomic mass is 79.9. The average Bonchev–Trinajstić information content (AvgIpc) is 2.41. The molecule has 1 amide bonds. The lowest BCUT2D eigenvalue weighted by Gasteiger charge is -2.32. The molecule has 108 valence electrons. The molecule has 1 aromatic rings. The van der Waals surface area contributed by atoms with Crippen LogP contribution in [-0.2, 0) is 4.79 Å². The van der Waals surface area contributed by atoms with E-state index in [2.05, 4.69) is 21.2 Å². The fourth-order valence-electron chi connectivity index (χ4n) is 2.46. The quantitative estimate of drug-likeness (QED) is 0.788. The van der Waals surface area contributed by atoms with Gasteiger partial charge in [0.2, 0.25) is 5.91 Å². The van der Waals surface area contributed by atoms with E-state index in [-0.39, 0.29) is 17.2 Å². The van der Waals surface area contributed by atoms with Crippen LogP contribution in [0.25, 0.3) is 0 Å². The van der Waals surface area contributed by atoms with Crippen LogP contribution in [0.2, 0.25) is 0 Å². The van der Waals surface area contributed by atoms with Gasteiger partial charge in [-0.15, -0.1) is 0 Å². The van der Waals surface area contributed by atoms with Crippen LogP contribution < -0.4 is 11.1 Å². The fraction of sp³-hybridized carbons (Fsp3) is 0.429. The number of carbonyl (C=O) groups excluding carboxylic acids is 1. The Morgan fingerprint density at radius 1 is 1.25 bits per heavy atom. The summed E-state index contributed by atoms with van der Waals surface area (Å²) in [6.45, 7) is 0. The van der Waals surface area contributed by atoms with Crippen molar-refractivity contribution >= 4 is 33.5 Å². The molecule has 5 nitrogen and oxygen atoms in total. The maximum atomic E-state index is 12.3. The Bertz CT molecular complexity index is 539. The van der Waals surface area contributed by atoms with Crippen LogP contribution in [-0.4, -0.2) is 22.5 Å². The zero-order chi connectivity index (χ0) is 14.8. The van der Waals surface area contributed by atoms with Crippen molar-refractivity contribution in [2.24, 2.45) is 5.73 Å². The second kappa shape index (κ2) is 5.93. The molecule has 4 N–H and O–H groups in total. The number of anilines is 1. The summed E-state index contributed by atoms with van der Waals surface area (Å²) >= 11 is 3.22. The van der Waals surface area contributed by atoms with Gasteiger partial charge in [-0.25, -0.2) is 4.79 Å². The standard InChI is InChI=1S/C14H17BrN2O3/c15-9-4-5-11(10(8-9)12(18)19)17-13(20)14(16)6-2-1-3-7-14/h4-5,8H,1-3,6-7,16H2,(H,17,20)(H,18,19). The predicted octanol–water partition coefficient (Wildman–Crippen LogP) is 2.75. The first-order valence-corrected chi connectivity index (χ1v) is 7.35. The summed E-state index contributed by atoms with van der Waals surface area (Å²) < 4.78 is 0.646. The minimum Gasteiger partial charge on any atom is -0.478 e. The van der Waals surface area contributed by atoms with E-state index in [0.29, 0.717) is 17.3 Å². The molecular formula is C14H17BrN2O3. The first kappa shape index (κ1) is 15.0. The number of amides is 1. The number of rotatable bonds is 3. The highest BCUT2D eigenvalue weighted by Crippen LogP contribution is 2.28. The van der Waals surface area contributed by atoms with Crippen molar-refractivity contribution in [2.75, 3.05) is 5.32 Å². The Labute approximate surface area is 125 Å². The van der Waals surface area contributed by atoms with Gasteiger partial charge in [0, 0.05) is 4.47 Å². The summed E-state index contributed by atoms with van der Waals surface area (Å²) in [5.74, 6) is -1.39. The van der Waals surface area contributed by atoms with Crippen molar-refractivity contribution in [1.29, 1.82) is 0 Å². The largest absolute Gasteiger partial charge is 0.478 e. The zero-order valence-electron chi connectivity index (χ0n) is 11.0. The number of nitrogens with one attached hydrogen (secondary N) is 1. The molecule has 0 radical (unpaired) electrons. The van der Waals surface area contributed by atoms with E-state index in [0.717, 1.165) is 19.3 Å². The Hall–Kier alpha value is -1.40. The Kier molecular flexibility index (Phi) is 4.45. The molecule has 0 saturated heterocycles. The second-order valence-corrected chi connectivity index (χ2v) is 6.08. The molecule has 0 aromatic heterocycles. The molecule has 1 saturated carbocycles. The minimum atomic E-state index is -1.09. The van der Waals surface area contributed by atoms with Gasteiger partial charge in [-0.05, 0) is 31.0 Å². The van der Waals surface area contributed by atoms with E-state index in [9.17, 15) is 14.7 Å². The van der Waals surface area contributed by atoms with E-state index in [1.807, 2.05) is 0 Å². The molecule has 0 spiro atoms. The zero-order valence-corrected chi connectivity index (χ0v) is 12.6. The summed E-state index contributed by atoms with van der Waals surface area (Å²) in [4.78, 5) is 23.5. The van der Waals surface area contributed by atoms with Crippen LogP contribution in [0.1, 0.15) is 42.5 Å². The molecule has 20 heavy (non-hydrogen) atoms. The maximum absolute atomic E-state index is 12.3. The SMILES string of the molecule is NC1(C(=O)Nc2ccc(Br)cc2C(=O)O)CCCCC1. The Morgan fingerprint density at radius 2 is 1.90 bits per heavy atom. The van der Waals surface area contributed by atoms with Crippen LogP contribution in [0.4, 0.5) is 5.69 Å². The second-order valence-electron chi connectivity index (χ2n) is 5.17. The Morgan fingerprint density at radius 3 is 2.50 bits per heavy atom. The lowest BCUT2D eigenvalue weighted by Crippen LogP contribution is -2.52. The van der Waals surface area contributed by atoms with Gasteiger partial charge in [0.05, 0.1) is 16.8 Å². The molecule has 2 rings (SSSR count). The number of nitrogens with two attached hydrogens (primary N) is 1. The summed E-state index contributed by atoms with van der Waals surface area (Å²) in [5.41, 5.74) is 5.58. The summed E-state index contributed by atoms with van der Waals surface area (Å²) in [7, 11) is 0. The lowest BCUT2D eigenvalue weighted by atomic mass is 9.82. The summed E-state index contributed by atoms with van der Waals surface area (Å²) in [6.07, 6.45) is 4.21. The van der Waals surface area contributed by atoms with Gasteiger partial charge in [-0.1, -0.05) is 35.2 Å². The number of carboxylic acid groups (broad SMARTS) is 1. The van der Waals surface area contributed by atoms with Gasteiger partial charge in [-0.3, -0.25) is 4.79 Å². The van der Waals surface area contributed by atoms with E-state index in [1.54, 1.807) is 12.1 Å². The van der Waals surface area contributed by atoms with Gasteiger partial charge >= 0.3 is 5.97 Å². The molecule has 0 aliphatic heterocycles. The highest BCUT2D eigenvalue weighted by molar-refractivity contribution is 9.10. The average molecular weight is 341 g/mol. The Balaban J connectivity index is 2.21. The third-order valence-corrected chi connectivity index (χ3v) is 4.15. The van der Waals surface area contributed by atoms with Crippen molar-refractivity contribution in [2.45, 2.75) is 37.6 Å². The molecule has 1 aromatic carbocycles. The molecule has 0 heterocycles. The van der Waals surface area contributed by atoms with Crippen molar-refractivity contribution in [1.82, 2.24) is 0 Å². The van der Waals surface area contributed by atoms with Crippen LogP contribution in [0.15, 0.2) is 22.7 Å². The van der Waals surface area contributed by atoms with Crippen LogP contribution in [0, 0.1) is 0 Å². The highest BCUT2D eigenvalue weighted by Gasteiger charge is 2.35. The van der Waals surface area contributed by atoms with Crippen molar-refractivity contribution in [3.05, 3.63) is 28.2 Å². The molecule has 1 aliphatic rings. The summed E-state index contributed by atoms with van der Waals surface area (Å²) in [6, 6.07) is 4.71. The number of halogens is 1. The van der Waals surface area contributed by atoms with E-state index in [1.165, 1.54) is 6.07 Å². The third-order valence-electron chi connectivity index (χ3n) is 3.66. The predicted molar refractivity (Wildman–Crippen MR) is 79.7 cm³/mol. The first-order valence-electron chi connectivity index (χ1n) is 6.55. The van der Waals surface area contributed by atoms with Crippen LogP contribution >= 0.6 is 15.9 Å². The smallest absolute Gasteiger partial charge is 0.337 e. The van der Waals surface area contributed by atoms with Gasteiger partial charge in [0.1, 0.15) is 0 Å². The number of benzene rings is 1.